The quantitative estimate of drug-likeness (QED) is 0.708. The van der Waals surface area contributed by atoms with E-state index < -0.39 is 0 Å². The topological polar surface area (TPSA) is 38.5 Å². The maximum Gasteiger partial charge on any atom is 0.129 e. The molecule has 0 saturated heterocycles. The summed E-state index contributed by atoms with van der Waals surface area (Å²) in [6.45, 7) is 9.84. The van der Waals surface area contributed by atoms with Gasteiger partial charge in [0.25, 0.3) is 0 Å². The van der Waals surface area contributed by atoms with Crippen LogP contribution in [0.5, 0.6) is 5.75 Å². The fourth-order valence-corrected chi connectivity index (χ4v) is 2.68. The van der Waals surface area contributed by atoms with E-state index in [0.717, 1.165) is 36.9 Å². The van der Waals surface area contributed by atoms with Gasteiger partial charge >= 0.3 is 0 Å². The third-order valence-corrected chi connectivity index (χ3v) is 4.27. The lowest BCUT2D eigenvalue weighted by atomic mass is 10.0. The van der Waals surface area contributed by atoms with Gasteiger partial charge in [-0.05, 0) is 30.2 Å². The largest absolute Gasteiger partial charge is 0.496 e. The van der Waals surface area contributed by atoms with Gasteiger partial charge < -0.3 is 10.5 Å². The summed E-state index contributed by atoms with van der Waals surface area (Å²) in [5.41, 5.74) is 7.83. The van der Waals surface area contributed by atoms with E-state index in [1.54, 1.807) is 7.11 Å². The molecule has 0 aliphatic carbocycles. The van der Waals surface area contributed by atoms with Crippen molar-refractivity contribution < 1.29 is 4.74 Å². The molecule has 1 rings (SSSR count). The van der Waals surface area contributed by atoms with E-state index in [1.807, 2.05) is 6.07 Å². The van der Waals surface area contributed by atoms with E-state index in [4.69, 9.17) is 22.7 Å². The molecule has 0 aromatic heterocycles. The Labute approximate surface area is 134 Å². The van der Waals surface area contributed by atoms with Gasteiger partial charge in [-0.15, -0.1) is 0 Å². The summed E-state index contributed by atoms with van der Waals surface area (Å²) < 4.78 is 5.31. The van der Waals surface area contributed by atoms with Crippen LogP contribution in [0.3, 0.4) is 0 Å². The zero-order valence-corrected chi connectivity index (χ0v) is 14.5. The number of rotatable bonds is 9. The Bertz CT molecular complexity index is 458. The van der Waals surface area contributed by atoms with Gasteiger partial charge in [0, 0.05) is 13.1 Å². The number of thiocarbonyl (C=S) groups is 1. The van der Waals surface area contributed by atoms with Crippen LogP contribution in [0.25, 0.3) is 0 Å². The van der Waals surface area contributed by atoms with Crippen LogP contribution in [0.15, 0.2) is 18.2 Å². The number of ether oxygens (including phenoxy) is 1. The molecule has 4 heteroatoms. The summed E-state index contributed by atoms with van der Waals surface area (Å²) >= 11 is 5.11. The van der Waals surface area contributed by atoms with E-state index >= 15 is 0 Å². The van der Waals surface area contributed by atoms with Crippen LogP contribution in [0.2, 0.25) is 0 Å². The third-order valence-electron chi connectivity index (χ3n) is 4.05. The molecule has 0 saturated carbocycles. The summed E-state index contributed by atoms with van der Waals surface area (Å²) in [6, 6.07) is 6.10. The Morgan fingerprint density at radius 2 is 1.95 bits per heavy atom. The van der Waals surface area contributed by atoms with Crippen LogP contribution in [-0.4, -0.2) is 30.1 Å². The van der Waals surface area contributed by atoms with Crippen LogP contribution in [0, 0.1) is 5.92 Å². The Balaban J connectivity index is 2.85. The van der Waals surface area contributed by atoms with Crippen LogP contribution in [-0.2, 0) is 6.54 Å². The van der Waals surface area contributed by atoms with E-state index in [0.29, 0.717) is 4.99 Å². The molecule has 0 spiro atoms. The minimum absolute atomic E-state index is 0.386. The van der Waals surface area contributed by atoms with Crippen molar-refractivity contribution in [1.82, 2.24) is 4.90 Å². The number of methoxy groups -OCH3 is 1. The van der Waals surface area contributed by atoms with Gasteiger partial charge in [0.05, 0.1) is 12.7 Å². The molecule has 3 nitrogen and oxygen atoms in total. The number of hydrogen-bond acceptors (Lipinski definition) is 3. The van der Waals surface area contributed by atoms with Crippen molar-refractivity contribution in [3.63, 3.8) is 0 Å². The van der Waals surface area contributed by atoms with Crippen LogP contribution >= 0.6 is 12.2 Å². The number of nitrogens with two attached hydrogens (primary N) is 1. The van der Waals surface area contributed by atoms with Crippen LogP contribution in [0.1, 0.15) is 44.7 Å². The molecule has 1 aromatic carbocycles. The first kappa shape index (κ1) is 17.9. The smallest absolute Gasteiger partial charge is 0.129 e. The second kappa shape index (κ2) is 9.00. The highest BCUT2D eigenvalue weighted by Gasteiger charge is 2.12. The SMILES string of the molecule is CCC(CC)CN(CC)Cc1ccc(OC)c(C(N)=S)c1. The standard InChI is InChI=1S/C17H28N2OS/c1-5-13(6-2)11-19(7-3)12-14-8-9-16(20-4)15(10-14)17(18)21/h8-10,13H,5-7,11-12H2,1-4H3,(H2,18,21). The van der Waals surface area contributed by atoms with E-state index in [1.165, 1.54) is 18.4 Å². The lowest BCUT2D eigenvalue weighted by Crippen LogP contribution is -2.28. The first-order valence-electron chi connectivity index (χ1n) is 7.74. The second-order valence-corrected chi connectivity index (χ2v) is 5.85. The fraction of sp³-hybridized carbons (Fsp3) is 0.588. The summed E-state index contributed by atoms with van der Waals surface area (Å²) in [7, 11) is 1.64. The molecule has 1 aromatic rings. The van der Waals surface area contributed by atoms with Gasteiger partial charge in [-0.25, -0.2) is 0 Å². The normalized spacial score (nSPS) is 11.1. The van der Waals surface area contributed by atoms with Crippen molar-refractivity contribution in [3.8, 4) is 5.75 Å². The Kier molecular flexibility index (Phi) is 7.68. The number of nitrogens with zero attached hydrogens (tertiary/aromatic N) is 1. The van der Waals surface area contributed by atoms with Crippen LogP contribution in [0.4, 0.5) is 0 Å². The van der Waals surface area contributed by atoms with Crippen molar-refractivity contribution in [2.45, 2.75) is 40.2 Å². The van der Waals surface area contributed by atoms with Gasteiger partial charge in [-0.3, -0.25) is 4.90 Å². The van der Waals surface area contributed by atoms with Gasteiger partial charge in [-0.1, -0.05) is 51.9 Å². The summed E-state index contributed by atoms with van der Waals surface area (Å²) in [4.78, 5) is 2.86. The molecule has 0 fully saturated rings. The third kappa shape index (κ3) is 5.29. The molecule has 2 N–H and O–H groups in total. The molecular weight excluding hydrogens is 280 g/mol. The zero-order valence-electron chi connectivity index (χ0n) is 13.7. The van der Waals surface area contributed by atoms with Crippen molar-refractivity contribution in [2.24, 2.45) is 11.7 Å². The van der Waals surface area contributed by atoms with Gasteiger partial charge in [-0.2, -0.15) is 0 Å². The molecule has 0 atom stereocenters. The Hall–Kier alpha value is -1.13. The average molecular weight is 308 g/mol. The van der Waals surface area contributed by atoms with Crippen molar-refractivity contribution in [2.75, 3.05) is 20.2 Å². The highest BCUT2D eigenvalue weighted by Crippen LogP contribution is 2.21. The maximum absolute atomic E-state index is 5.78. The highest BCUT2D eigenvalue weighted by molar-refractivity contribution is 7.80. The molecule has 0 radical (unpaired) electrons. The monoisotopic (exact) mass is 308 g/mol. The lowest BCUT2D eigenvalue weighted by Gasteiger charge is -2.25. The van der Waals surface area contributed by atoms with Gasteiger partial charge in [0.2, 0.25) is 0 Å². The van der Waals surface area contributed by atoms with E-state index in [-0.39, 0.29) is 0 Å². The molecule has 0 aliphatic heterocycles. The lowest BCUT2D eigenvalue weighted by molar-refractivity contribution is 0.226. The number of hydrogen-bond donors (Lipinski definition) is 1. The predicted molar refractivity (Wildman–Crippen MR) is 93.9 cm³/mol. The van der Waals surface area contributed by atoms with Crippen molar-refractivity contribution in [3.05, 3.63) is 29.3 Å². The molecule has 0 aliphatic rings. The first-order chi connectivity index (χ1) is 10.0. The predicted octanol–water partition coefficient (Wildman–Crippen LogP) is 3.59. The minimum Gasteiger partial charge on any atom is -0.496 e. The Morgan fingerprint density at radius 1 is 1.29 bits per heavy atom. The van der Waals surface area contributed by atoms with Crippen molar-refractivity contribution >= 4 is 17.2 Å². The highest BCUT2D eigenvalue weighted by atomic mass is 32.1. The molecule has 118 valence electrons. The van der Waals surface area contributed by atoms with Gasteiger partial charge in [0.1, 0.15) is 10.7 Å². The van der Waals surface area contributed by atoms with E-state index in [9.17, 15) is 0 Å². The molecular formula is C17H28N2OS. The van der Waals surface area contributed by atoms with Gasteiger partial charge in [0.15, 0.2) is 0 Å². The average Bonchev–Trinajstić information content (AvgIpc) is 2.51. The molecule has 0 heterocycles. The first-order valence-corrected chi connectivity index (χ1v) is 8.15. The van der Waals surface area contributed by atoms with Crippen LogP contribution < -0.4 is 10.5 Å². The summed E-state index contributed by atoms with van der Waals surface area (Å²) in [6.07, 6.45) is 2.46. The maximum atomic E-state index is 5.78. The van der Waals surface area contributed by atoms with E-state index in [2.05, 4.69) is 37.8 Å². The summed E-state index contributed by atoms with van der Waals surface area (Å²) in [5, 5.41) is 0. The second-order valence-electron chi connectivity index (χ2n) is 5.41. The number of benzene rings is 1. The summed E-state index contributed by atoms with van der Waals surface area (Å²) in [5.74, 6) is 1.51. The van der Waals surface area contributed by atoms with Crippen molar-refractivity contribution in [1.29, 1.82) is 0 Å². The minimum atomic E-state index is 0.386. The Morgan fingerprint density at radius 3 is 2.43 bits per heavy atom. The fourth-order valence-electron chi connectivity index (χ4n) is 2.52. The zero-order chi connectivity index (χ0) is 15.8. The molecule has 0 bridgehead atoms. The molecule has 0 unspecified atom stereocenters. The molecule has 0 amide bonds. The molecule has 21 heavy (non-hydrogen) atoms.